The molecule has 140 valence electrons. The van der Waals surface area contributed by atoms with Gasteiger partial charge in [-0.05, 0) is 64.7 Å². The number of aromatic amines is 1. The van der Waals surface area contributed by atoms with Gasteiger partial charge < -0.3 is 10.6 Å². The molecule has 6 nitrogen and oxygen atoms in total. The molecular weight excluding hydrogens is 428 g/mol. The van der Waals surface area contributed by atoms with Crippen molar-refractivity contribution >= 4 is 56.1 Å². The minimum absolute atomic E-state index is 0.243. The zero-order valence-electron chi connectivity index (χ0n) is 14.7. The summed E-state index contributed by atoms with van der Waals surface area (Å²) in [5, 5.41) is 13.5. The fraction of sp³-hybridized carbons (Fsp3) is 0.211. The molecule has 0 fully saturated rings. The van der Waals surface area contributed by atoms with Crippen LogP contribution >= 0.6 is 27.7 Å². The third-order valence-electron chi connectivity index (χ3n) is 4.06. The van der Waals surface area contributed by atoms with Crippen molar-refractivity contribution in [2.75, 3.05) is 17.3 Å². The number of amides is 2. The number of hydrogen-bond donors (Lipinski definition) is 3. The van der Waals surface area contributed by atoms with Crippen LogP contribution in [0, 0.1) is 0 Å². The molecule has 0 radical (unpaired) electrons. The van der Waals surface area contributed by atoms with E-state index in [1.54, 1.807) is 42.2 Å². The molecule has 1 heterocycles. The number of fused-ring (bicyclic) bond motifs is 1. The van der Waals surface area contributed by atoms with Gasteiger partial charge in [-0.1, -0.05) is 12.1 Å². The Morgan fingerprint density at radius 1 is 1.26 bits per heavy atom. The summed E-state index contributed by atoms with van der Waals surface area (Å²) < 4.78 is 0.692. The van der Waals surface area contributed by atoms with Crippen LogP contribution in [0.3, 0.4) is 0 Å². The molecule has 0 aliphatic heterocycles. The summed E-state index contributed by atoms with van der Waals surface area (Å²) in [7, 11) is 0. The molecule has 1 unspecified atom stereocenters. The number of carbonyl (C=O) groups excluding carboxylic acids is 2. The van der Waals surface area contributed by atoms with E-state index in [4.69, 9.17) is 0 Å². The summed E-state index contributed by atoms with van der Waals surface area (Å²) in [4.78, 5) is 25.4. The Hall–Kier alpha value is -2.32. The molecule has 1 aromatic heterocycles. The van der Waals surface area contributed by atoms with E-state index in [2.05, 4.69) is 36.8 Å². The summed E-state index contributed by atoms with van der Waals surface area (Å²) in [6, 6.07) is 12.0. The maximum atomic E-state index is 12.8. The standard InChI is InChI=1S/C19H19BrN4O2S/c1-27-9-8-17(23-18(25)14-4-2-3-5-15(14)20)19(26)22-13-6-7-16-12(10-13)11-21-24-16/h2-7,10-11,17H,8-9H2,1H3,(H,21,24)(H,22,26)(H,23,25). The molecule has 0 saturated carbocycles. The van der Waals surface area contributed by atoms with Gasteiger partial charge in [-0.3, -0.25) is 14.7 Å². The predicted octanol–water partition coefficient (Wildman–Crippen LogP) is 3.82. The first kappa shape index (κ1) is 19.4. The fourth-order valence-electron chi connectivity index (χ4n) is 2.64. The minimum atomic E-state index is -0.628. The largest absolute Gasteiger partial charge is 0.340 e. The molecule has 0 spiro atoms. The van der Waals surface area contributed by atoms with Gasteiger partial charge in [0.05, 0.1) is 17.3 Å². The van der Waals surface area contributed by atoms with Crippen molar-refractivity contribution in [1.82, 2.24) is 15.5 Å². The number of halogens is 1. The zero-order valence-corrected chi connectivity index (χ0v) is 17.1. The van der Waals surface area contributed by atoms with Crippen LogP contribution in [0.15, 0.2) is 53.1 Å². The number of anilines is 1. The molecule has 3 N–H and O–H groups in total. The van der Waals surface area contributed by atoms with E-state index in [0.29, 0.717) is 22.1 Å². The van der Waals surface area contributed by atoms with E-state index in [1.807, 2.05) is 24.5 Å². The van der Waals surface area contributed by atoms with Gasteiger partial charge >= 0.3 is 0 Å². The van der Waals surface area contributed by atoms with Crippen LogP contribution < -0.4 is 10.6 Å². The molecule has 3 rings (SSSR count). The number of carbonyl (C=O) groups is 2. The van der Waals surface area contributed by atoms with Crippen LogP contribution in [0.25, 0.3) is 10.9 Å². The molecule has 27 heavy (non-hydrogen) atoms. The third-order valence-corrected chi connectivity index (χ3v) is 5.39. The molecule has 1 atom stereocenters. The Kier molecular flexibility index (Phi) is 6.52. The van der Waals surface area contributed by atoms with Crippen LogP contribution in [0.2, 0.25) is 0 Å². The number of thioether (sulfide) groups is 1. The summed E-state index contributed by atoms with van der Waals surface area (Å²) in [5.41, 5.74) is 2.06. The summed E-state index contributed by atoms with van der Waals surface area (Å²) in [6.07, 6.45) is 4.21. The van der Waals surface area contributed by atoms with Crippen LogP contribution in [0.4, 0.5) is 5.69 Å². The third kappa shape index (κ3) is 4.90. The van der Waals surface area contributed by atoms with E-state index in [1.165, 1.54) is 0 Å². The highest BCUT2D eigenvalue weighted by Crippen LogP contribution is 2.18. The van der Waals surface area contributed by atoms with Crippen LogP contribution in [-0.2, 0) is 4.79 Å². The van der Waals surface area contributed by atoms with E-state index in [-0.39, 0.29) is 11.8 Å². The molecule has 2 aromatic carbocycles. The Morgan fingerprint density at radius 3 is 2.85 bits per heavy atom. The summed E-state index contributed by atoms with van der Waals surface area (Å²) in [6.45, 7) is 0. The highest BCUT2D eigenvalue weighted by molar-refractivity contribution is 9.10. The quantitative estimate of drug-likeness (QED) is 0.514. The predicted molar refractivity (Wildman–Crippen MR) is 113 cm³/mol. The molecule has 0 bridgehead atoms. The lowest BCUT2D eigenvalue weighted by molar-refractivity contribution is -0.118. The Balaban J connectivity index is 1.73. The normalized spacial score (nSPS) is 11.9. The van der Waals surface area contributed by atoms with Gasteiger partial charge in [0.15, 0.2) is 0 Å². The van der Waals surface area contributed by atoms with Gasteiger partial charge in [-0.25, -0.2) is 0 Å². The highest BCUT2D eigenvalue weighted by atomic mass is 79.9. The van der Waals surface area contributed by atoms with Gasteiger partial charge in [0.25, 0.3) is 5.91 Å². The maximum Gasteiger partial charge on any atom is 0.253 e. The second-order valence-corrected chi connectivity index (χ2v) is 7.79. The number of benzene rings is 2. The highest BCUT2D eigenvalue weighted by Gasteiger charge is 2.22. The second-order valence-electron chi connectivity index (χ2n) is 5.95. The van der Waals surface area contributed by atoms with Gasteiger partial charge in [-0.15, -0.1) is 0 Å². The van der Waals surface area contributed by atoms with Crippen LogP contribution in [0.1, 0.15) is 16.8 Å². The van der Waals surface area contributed by atoms with Crippen molar-refractivity contribution in [2.45, 2.75) is 12.5 Å². The van der Waals surface area contributed by atoms with Crippen molar-refractivity contribution < 1.29 is 9.59 Å². The minimum Gasteiger partial charge on any atom is -0.340 e. The SMILES string of the molecule is CSCCC(NC(=O)c1ccccc1Br)C(=O)Nc1ccc2[nH]ncc2c1. The monoisotopic (exact) mass is 446 g/mol. The van der Waals surface area contributed by atoms with E-state index < -0.39 is 6.04 Å². The number of rotatable bonds is 7. The molecule has 0 aliphatic rings. The van der Waals surface area contributed by atoms with Crippen molar-refractivity contribution in [3.63, 3.8) is 0 Å². The number of aromatic nitrogens is 2. The molecule has 3 aromatic rings. The average molecular weight is 447 g/mol. The fourth-order valence-corrected chi connectivity index (χ4v) is 3.57. The molecule has 8 heteroatoms. The van der Waals surface area contributed by atoms with Crippen molar-refractivity contribution in [3.05, 3.63) is 58.7 Å². The first-order chi connectivity index (χ1) is 13.1. The Labute approximate surface area is 169 Å². The summed E-state index contributed by atoms with van der Waals surface area (Å²) >= 11 is 5.00. The van der Waals surface area contributed by atoms with Gasteiger partial charge in [0, 0.05) is 15.5 Å². The van der Waals surface area contributed by atoms with Gasteiger partial charge in [0.2, 0.25) is 5.91 Å². The first-order valence-corrected chi connectivity index (χ1v) is 10.6. The van der Waals surface area contributed by atoms with Crippen LogP contribution in [-0.4, -0.2) is 40.1 Å². The number of H-pyrrole nitrogens is 1. The zero-order chi connectivity index (χ0) is 19.2. The molecule has 2 amide bonds. The number of nitrogens with one attached hydrogen (secondary N) is 3. The summed E-state index contributed by atoms with van der Waals surface area (Å²) in [5.74, 6) is 0.232. The van der Waals surface area contributed by atoms with E-state index in [9.17, 15) is 9.59 Å². The lowest BCUT2D eigenvalue weighted by atomic mass is 10.1. The number of nitrogens with zero attached hydrogens (tertiary/aromatic N) is 1. The first-order valence-electron chi connectivity index (χ1n) is 8.37. The second kappa shape index (κ2) is 9.05. The van der Waals surface area contributed by atoms with E-state index >= 15 is 0 Å². The Bertz CT molecular complexity index is 960. The molecule has 0 aliphatic carbocycles. The van der Waals surface area contributed by atoms with E-state index in [0.717, 1.165) is 16.7 Å². The average Bonchev–Trinajstić information content (AvgIpc) is 3.13. The topological polar surface area (TPSA) is 86.9 Å². The van der Waals surface area contributed by atoms with Crippen molar-refractivity contribution in [3.8, 4) is 0 Å². The number of hydrogen-bond acceptors (Lipinski definition) is 4. The smallest absolute Gasteiger partial charge is 0.253 e. The molecular formula is C19H19BrN4O2S. The van der Waals surface area contributed by atoms with Crippen LogP contribution in [0.5, 0.6) is 0 Å². The maximum absolute atomic E-state index is 12.8. The lowest BCUT2D eigenvalue weighted by Gasteiger charge is -2.18. The van der Waals surface area contributed by atoms with Gasteiger partial charge in [-0.2, -0.15) is 16.9 Å². The van der Waals surface area contributed by atoms with Crippen molar-refractivity contribution in [2.24, 2.45) is 0 Å². The molecule has 0 saturated heterocycles. The lowest BCUT2D eigenvalue weighted by Crippen LogP contribution is -2.44. The Morgan fingerprint density at radius 2 is 2.07 bits per heavy atom. The van der Waals surface area contributed by atoms with Gasteiger partial charge in [0.1, 0.15) is 6.04 Å². The van der Waals surface area contributed by atoms with Crippen molar-refractivity contribution in [1.29, 1.82) is 0 Å².